The molecular formula is C14H14NO. The van der Waals surface area contributed by atoms with E-state index in [9.17, 15) is 0 Å². The molecule has 2 aromatic carbocycles. The van der Waals surface area contributed by atoms with Crippen molar-refractivity contribution in [1.82, 2.24) is 0 Å². The molecule has 0 fully saturated rings. The third kappa shape index (κ3) is 2.61. The van der Waals surface area contributed by atoms with Crippen molar-refractivity contribution in [3.8, 4) is 5.75 Å². The van der Waals surface area contributed by atoms with Crippen molar-refractivity contribution in [2.75, 3.05) is 0 Å². The summed E-state index contributed by atoms with van der Waals surface area (Å²) in [5, 5.41) is 0. The van der Waals surface area contributed by atoms with Gasteiger partial charge in [-0.2, -0.15) is 0 Å². The van der Waals surface area contributed by atoms with E-state index in [1.165, 1.54) is 0 Å². The number of ether oxygens (including phenoxy) is 1. The summed E-state index contributed by atoms with van der Waals surface area (Å²) in [6.07, 6.45) is 0. The zero-order valence-corrected chi connectivity index (χ0v) is 9.02. The number of hydrogen-bond acceptors (Lipinski definition) is 2. The Morgan fingerprint density at radius 2 is 1.94 bits per heavy atom. The van der Waals surface area contributed by atoms with Gasteiger partial charge in [0.2, 0.25) is 0 Å². The molecule has 0 saturated carbocycles. The minimum Gasteiger partial charge on any atom is -0.489 e. The van der Waals surface area contributed by atoms with Crippen molar-refractivity contribution in [2.24, 2.45) is 5.73 Å². The number of benzene rings is 2. The van der Waals surface area contributed by atoms with E-state index in [0.717, 1.165) is 16.9 Å². The number of nitrogens with two attached hydrogens (primary N) is 1. The first-order valence-corrected chi connectivity index (χ1v) is 5.26. The molecule has 0 amide bonds. The Labute approximate surface area is 95.7 Å². The van der Waals surface area contributed by atoms with E-state index in [-0.39, 0.29) is 0 Å². The highest BCUT2D eigenvalue weighted by molar-refractivity contribution is 5.32. The summed E-state index contributed by atoms with van der Waals surface area (Å²) in [5.74, 6) is 0.838. The van der Waals surface area contributed by atoms with Crippen molar-refractivity contribution in [1.29, 1.82) is 0 Å². The molecule has 2 nitrogen and oxygen atoms in total. The smallest absolute Gasteiger partial charge is 0.124 e. The maximum Gasteiger partial charge on any atom is 0.124 e. The number of hydrogen-bond donors (Lipinski definition) is 1. The van der Waals surface area contributed by atoms with Crippen molar-refractivity contribution < 1.29 is 4.74 Å². The van der Waals surface area contributed by atoms with Gasteiger partial charge in [-0.05, 0) is 23.8 Å². The van der Waals surface area contributed by atoms with Crippen LogP contribution in [0, 0.1) is 6.07 Å². The van der Waals surface area contributed by atoms with Crippen LogP contribution in [0.5, 0.6) is 5.75 Å². The second kappa shape index (κ2) is 5.33. The van der Waals surface area contributed by atoms with E-state index < -0.39 is 0 Å². The standard InChI is InChI=1S/C14H14NO/c15-10-13-8-4-5-9-14(13)16-11-12-6-2-1-3-7-12/h1-3,5-9H,10-11,15H2. The third-order valence-electron chi connectivity index (χ3n) is 2.36. The SMILES string of the molecule is NCc1c[c]ccc1OCc1ccccc1. The van der Waals surface area contributed by atoms with Crippen molar-refractivity contribution in [3.05, 3.63) is 65.7 Å². The van der Waals surface area contributed by atoms with Crippen molar-refractivity contribution in [3.63, 3.8) is 0 Å². The monoisotopic (exact) mass is 212 g/mol. The number of rotatable bonds is 4. The normalized spacial score (nSPS) is 10.1. The molecule has 0 spiro atoms. The molecule has 0 aliphatic heterocycles. The highest BCUT2D eigenvalue weighted by Gasteiger charge is 2.00. The summed E-state index contributed by atoms with van der Waals surface area (Å²) >= 11 is 0. The molecule has 0 unspecified atom stereocenters. The van der Waals surface area contributed by atoms with Gasteiger partial charge in [0.15, 0.2) is 0 Å². The van der Waals surface area contributed by atoms with Gasteiger partial charge in [0.1, 0.15) is 12.4 Å². The molecule has 0 heterocycles. The first-order chi connectivity index (χ1) is 7.90. The van der Waals surface area contributed by atoms with E-state index in [2.05, 4.69) is 6.07 Å². The van der Waals surface area contributed by atoms with E-state index in [1.54, 1.807) is 0 Å². The fraction of sp³-hybridized carbons (Fsp3) is 0.143. The van der Waals surface area contributed by atoms with Crippen LogP contribution < -0.4 is 10.5 Å². The molecule has 16 heavy (non-hydrogen) atoms. The molecule has 2 aromatic rings. The first-order valence-electron chi connectivity index (χ1n) is 5.26. The summed E-state index contributed by atoms with van der Waals surface area (Å²) in [6, 6.07) is 18.7. The van der Waals surface area contributed by atoms with Crippen LogP contribution in [0.1, 0.15) is 11.1 Å². The summed E-state index contributed by atoms with van der Waals surface area (Å²) < 4.78 is 5.71. The van der Waals surface area contributed by atoms with Gasteiger partial charge in [-0.15, -0.1) is 0 Å². The summed E-state index contributed by atoms with van der Waals surface area (Å²) in [7, 11) is 0. The summed E-state index contributed by atoms with van der Waals surface area (Å²) in [6.45, 7) is 1.04. The van der Waals surface area contributed by atoms with Gasteiger partial charge in [0.05, 0.1) is 0 Å². The zero-order chi connectivity index (χ0) is 11.2. The Morgan fingerprint density at radius 3 is 2.69 bits per heavy atom. The fourth-order valence-corrected chi connectivity index (χ4v) is 1.49. The Hall–Kier alpha value is -1.80. The lowest BCUT2D eigenvalue weighted by molar-refractivity contribution is 0.303. The minimum atomic E-state index is 0.474. The maximum atomic E-state index is 5.71. The molecule has 0 saturated heterocycles. The molecule has 0 aliphatic carbocycles. The van der Waals surface area contributed by atoms with Crippen LogP contribution >= 0.6 is 0 Å². The largest absolute Gasteiger partial charge is 0.489 e. The Kier molecular flexibility index (Phi) is 3.57. The molecule has 0 atom stereocenters. The minimum absolute atomic E-state index is 0.474. The maximum absolute atomic E-state index is 5.71. The van der Waals surface area contributed by atoms with E-state index in [1.807, 2.05) is 48.5 Å². The average molecular weight is 212 g/mol. The third-order valence-corrected chi connectivity index (χ3v) is 2.36. The molecule has 2 N–H and O–H groups in total. The lowest BCUT2D eigenvalue weighted by Crippen LogP contribution is -2.02. The van der Waals surface area contributed by atoms with Gasteiger partial charge in [-0.3, -0.25) is 0 Å². The first kappa shape index (κ1) is 10.7. The van der Waals surface area contributed by atoms with Gasteiger partial charge in [0.25, 0.3) is 0 Å². The van der Waals surface area contributed by atoms with Gasteiger partial charge in [0, 0.05) is 12.1 Å². The second-order valence-corrected chi connectivity index (χ2v) is 3.51. The van der Waals surface area contributed by atoms with Gasteiger partial charge in [-0.1, -0.05) is 36.4 Å². The van der Waals surface area contributed by atoms with Crippen LogP contribution in [0.25, 0.3) is 0 Å². The summed E-state index contributed by atoms with van der Waals surface area (Å²) in [4.78, 5) is 0. The van der Waals surface area contributed by atoms with Crippen molar-refractivity contribution >= 4 is 0 Å². The van der Waals surface area contributed by atoms with E-state index in [0.29, 0.717) is 13.2 Å². The lowest BCUT2D eigenvalue weighted by Gasteiger charge is -2.09. The average Bonchev–Trinajstić information content (AvgIpc) is 2.38. The molecule has 0 bridgehead atoms. The van der Waals surface area contributed by atoms with Crippen LogP contribution in [-0.2, 0) is 13.2 Å². The van der Waals surface area contributed by atoms with Crippen molar-refractivity contribution in [2.45, 2.75) is 13.2 Å². The highest BCUT2D eigenvalue weighted by atomic mass is 16.5. The molecular weight excluding hydrogens is 198 g/mol. The van der Waals surface area contributed by atoms with Crippen LogP contribution in [0.3, 0.4) is 0 Å². The molecule has 0 aliphatic rings. The predicted octanol–water partition coefficient (Wildman–Crippen LogP) is 2.52. The van der Waals surface area contributed by atoms with E-state index >= 15 is 0 Å². The van der Waals surface area contributed by atoms with Gasteiger partial charge in [-0.25, -0.2) is 0 Å². The Bertz CT molecular complexity index is 439. The molecule has 0 aromatic heterocycles. The molecule has 2 heteroatoms. The second-order valence-electron chi connectivity index (χ2n) is 3.51. The van der Waals surface area contributed by atoms with Gasteiger partial charge < -0.3 is 10.5 Å². The Balaban J connectivity index is 2.05. The summed E-state index contributed by atoms with van der Waals surface area (Å²) in [5.41, 5.74) is 7.76. The Morgan fingerprint density at radius 1 is 1.12 bits per heavy atom. The zero-order valence-electron chi connectivity index (χ0n) is 9.02. The van der Waals surface area contributed by atoms with Crippen LogP contribution in [0.15, 0.2) is 48.5 Å². The molecule has 81 valence electrons. The fourth-order valence-electron chi connectivity index (χ4n) is 1.49. The topological polar surface area (TPSA) is 35.2 Å². The van der Waals surface area contributed by atoms with Gasteiger partial charge >= 0.3 is 0 Å². The highest BCUT2D eigenvalue weighted by Crippen LogP contribution is 2.18. The molecule has 2 rings (SSSR count). The lowest BCUT2D eigenvalue weighted by atomic mass is 10.2. The predicted molar refractivity (Wildman–Crippen MR) is 63.9 cm³/mol. The van der Waals surface area contributed by atoms with Crippen LogP contribution in [0.4, 0.5) is 0 Å². The van der Waals surface area contributed by atoms with Crippen LogP contribution in [0.2, 0.25) is 0 Å². The quantitative estimate of drug-likeness (QED) is 0.845. The van der Waals surface area contributed by atoms with E-state index in [4.69, 9.17) is 10.5 Å². The molecule has 1 radical (unpaired) electrons. The van der Waals surface area contributed by atoms with Crippen LogP contribution in [-0.4, -0.2) is 0 Å².